The topological polar surface area (TPSA) is 74.4 Å². The smallest absolute Gasteiger partial charge is 0.321 e. The lowest BCUT2D eigenvalue weighted by molar-refractivity contribution is 0.0475. The minimum Gasteiger partial charge on any atom is -0.382 e. The average Bonchev–Trinajstić information content (AvgIpc) is 2.82. The van der Waals surface area contributed by atoms with Gasteiger partial charge in [0.2, 0.25) is 0 Å². The number of aliphatic hydroxyl groups is 1. The molecule has 0 radical (unpaired) electrons. The Labute approximate surface area is 120 Å². The van der Waals surface area contributed by atoms with Gasteiger partial charge in [-0.3, -0.25) is 4.85 Å². The summed E-state index contributed by atoms with van der Waals surface area (Å²) in [7, 11) is 0. The Balaban J connectivity index is 2.89. The number of hydrogen-bond donors (Lipinski definition) is 1. The molecule has 0 aromatic carbocycles. The highest BCUT2D eigenvalue weighted by Crippen LogP contribution is 2.27. The number of nitriles is 1. The molecule has 0 aliphatic heterocycles. The average molecular weight is 275 g/mol. The van der Waals surface area contributed by atoms with Gasteiger partial charge in [-0.15, -0.1) is 0 Å². The van der Waals surface area contributed by atoms with Crippen molar-refractivity contribution in [2.24, 2.45) is 5.92 Å². The van der Waals surface area contributed by atoms with Gasteiger partial charge in [0.05, 0.1) is 12.1 Å². The first-order valence-corrected chi connectivity index (χ1v) is 6.71. The van der Waals surface area contributed by atoms with Gasteiger partial charge < -0.3 is 9.63 Å². The third kappa shape index (κ3) is 4.08. The van der Waals surface area contributed by atoms with Crippen LogP contribution in [0.15, 0.2) is 10.6 Å². The van der Waals surface area contributed by atoms with E-state index >= 15 is 0 Å². The molecule has 0 spiro atoms. The van der Waals surface area contributed by atoms with Gasteiger partial charge in [0.25, 0.3) is 0 Å². The van der Waals surface area contributed by atoms with Crippen molar-refractivity contribution in [2.45, 2.75) is 58.1 Å². The zero-order chi connectivity index (χ0) is 15.4. The van der Waals surface area contributed by atoms with Gasteiger partial charge in [-0.1, -0.05) is 19.0 Å². The van der Waals surface area contributed by atoms with Gasteiger partial charge in [0.15, 0.2) is 11.8 Å². The maximum Gasteiger partial charge on any atom is 0.321 e. The molecule has 1 aromatic rings. The van der Waals surface area contributed by atoms with E-state index in [4.69, 9.17) is 11.1 Å². The van der Waals surface area contributed by atoms with E-state index in [0.29, 0.717) is 23.8 Å². The summed E-state index contributed by atoms with van der Waals surface area (Å²) in [5.41, 5.74) is -1.68. The van der Waals surface area contributed by atoms with Crippen LogP contribution in [0.3, 0.4) is 0 Å². The third-order valence-corrected chi connectivity index (χ3v) is 3.19. The van der Waals surface area contributed by atoms with Gasteiger partial charge in [-0.05, 0) is 26.2 Å². The van der Waals surface area contributed by atoms with Gasteiger partial charge in [-0.2, -0.15) is 5.26 Å². The lowest BCUT2D eigenvalue weighted by Gasteiger charge is -2.14. The zero-order valence-electron chi connectivity index (χ0n) is 12.5. The molecule has 108 valence electrons. The lowest BCUT2D eigenvalue weighted by atomic mass is 9.87. The molecule has 0 aliphatic carbocycles. The molecule has 1 unspecified atom stereocenters. The predicted octanol–water partition coefficient (Wildman–Crippen LogP) is 3.06. The Kier molecular flexibility index (Phi) is 4.92. The van der Waals surface area contributed by atoms with E-state index in [1.807, 2.05) is 0 Å². The van der Waals surface area contributed by atoms with Gasteiger partial charge in [-0.25, -0.2) is 6.57 Å². The van der Waals surface area contributed by atoms with Crippen LogP contribution < -0.4 is 0 Å². The van der Waals surface area contributed by atoms with Crippen molar-refractivity contribution in [3.8, 4) is 6.07 Å². The maximum atomic E-state index is 9.83. The summed E-state index contributed by atoms with van der Waals surface area (Å²) in [6.07, 6.45) is 1.54. The van der Waals surface area contributed by atoms with E-state index in [-0.39, 0.29) is 6.42 Å². The molecular weight excluding hydrogens is 254 g/mol. The summed E-state index contributed by atoms with van der Waals surface area (Å²) in [6, 6.07) is 3.74. The largest absolute Gasteiger partial charge is 0.382 e. The Morgan fingerprint density at radius 1 is 1.55 bits per heavy atom. The third-order valence-electron chi connectivity index (χ3n) is 3.19. The van der Waals surface area contributed by atoms with E-state index in [0.717, 1.165) is 6.42 Å². The number of aromatic nitrogens is 1. The van der Waals surface area contributed by atoms with E-state index in [1.165, 1.54) is 0 Å². The summed E-state index contributed by atoms with van der Waals surface area (Å²) in [5.74, 6) is 0.780. The van der Waals surface area contributed by atoms with Crippen LogP contribution >= 0.6 is 0 Å². The lowest BCUT2D eigenvalue weighted by Crippen LogP contribution is -2.26. The quantitative estimate of drug-likeness (QED) is 0.810. The van der Waals surface area contributed by atoms with E-state index in [1.54, 1.807) is 19.9 Å². The fourth-order valence-corrected chi connectivity index (χ4v) is 1.81. The minimum atomic E-state index is -1.11. The second-order valence-electron chi connectivity index (χ2n) is 6.11. The first-order chi connectivity index (χ1) is 9.22. The van der Waals surface area contributed by atoms with Crippen LogP contribution in [0.5, 0.6) is 0 Å². The highest BCUT2D eigenvalue weighted by molar-refractivity contribution is 5.23. The van der Waals surface area contributed by atoms with Crippen molar-refractivity contribution < 1.29 is 9.63 Å². The second kappa shape index (κ2) is 6.07. The Bertz CT molecular complexity index is 513. The molecule has 20 heavy (non-hydrogen) atoms. The standard InChI is InChI=1S/C15H21N3O2/c1-11(2)6-7-15(10-16,17-5)9-12-8-13(20-18-12)14(3,4)19/h8,11,19H,6-7,9H2,1-4H3. The first kappa shape index (κ1) is 16.2. The highest BCUT2D eigenvalue weighted by Gasteiger charge is 2.38. The van der Waals surface area contributed by atoms with Crippen molar-refractivity contribution in [3.63, 3.8) is 0 Å². The van der Waals surface area contributed by atoms with Crippen LogP contribution in [0.2, 0.25) is 0 Å². The minimum absolute atomic E-state index is 0.222. The summed E-state index contributed by atoms with van der Waals surface area (Å²) in [5, 5.41) is 23.0. The van der Waals surface area contributed by atoms with Crippen LogP contribution in [0.1, 0.15) is 52.0 Å². The summed E-state index contributed by atoms with van der Waals surface area (Å²) < 4.78 is 5.08. The summed E-state index contributed by atoms with van der Waals surface area (Å²) in [4.78, 5) is 3.52. The molecule has 1 N–H and O–H groups in total. The molecule has 1 heterocycles. The van der Waals surface area contributed by atoms with Crippen molar-refractivity contribution in [1.29, 1.82) is 5.26 Å². The molecule has 1 rings (SSSR count). The highest BCUT2D eigenvalue weighted by atomic mass is 16.5. The van der Waals surface area contributed by atoms with E-state index in [9.17, 15) is 10.4 Å². The molecule has 0 aliphatic rings. The Morgan fingerprint density at radius 2 is 2.20 bits per heavy atom. The monoisotopic (exact) mass is 275 g/mol. The number of hydrogen-bond acceptors (Lipinski definition) is 4. The Hall–Kier alpha value is -1.85. The van der Waals surface area contributed by atoms with Gasteiger partial charge in [0, 0.05) is 12.5 Å². The van der Waals surface area contributed by atoms with E-state index in [2.05, 4.69) is 29.9 Å². The fourth-order valence-electron chi connectivity index (χ4n) is 1.81. The second-order valence-corrected chi connectivity index (χ2v) is 6.11. The molecule has 5 nitrogen and oxygen atoms in total. The van der Waals surface area contributed by atoms with Gasteiger partial charge in [0.1, 0.15) is 5.60 Å². The molecular formula is C15H21N3O2. The van der Waals surface area contributed by atoms with Crippen LogP contribution in [0.25, 0.3) is 4.85 Å². The van der Waals surface area contributed by atoms with Crippen molar-refractivity contribution in [1.82, 2.24) is 5.16 Å². The Morgan fingerprint density at radius 3 is 2.60 bits per heavy atom. The summed E-state index contributed by atoms with van der Waals surface area (Å²) in [6.45, 7) is 14.7. The maximum absolute atomic E-state index is 9.83. The molecule has 0 amide bonds. The predicted molar refractivity (Wildman–Crippen MR) is 74.5 cm³/mol. The van der Waals surface area contributed by atoms with Crippen molar-refractivity contribution >= 4 is 0 Å². The van der Waals surface area contributed by atoms with E-state index < -0.39 is 11.1 Å². The summed E-state index contributed by atoms with van der Waals surface area (Å²) >= 11 is 0. The van der Waals surface area contributed by atoms with Crippen LogP contribution in [0, 0.1) is 23.8 Å². The van der Waals surface area contributed by atoms with Crippen molar-refractivity contribution in [3.05, 3.63) is 28.9 Å². The normalized spacial score (nSPS) is 14.6. The molecule has 1 aromatic heterocycles. The number of rotatable bonds is 6. The molecule has 0 saturated heterocycles. The molecule has 5 heteroatoms. The van der Waals surface area contributed by atoms with Crippen LogP contribution in [0.4, 0.5) is 0 Å². The molecule has 0 fully saturated rings. The van der Waals surface area contributed by atoms with Crippen LogP contribution in [-0.2, 0) is 12.0 Å². The van der Waals surface area contributed by atoms with Crippen molar-refractivity contribution in [2.75, 3.05) is 0 Å². The van der Waals surface area contributed by atoms with Gasteiger partial charge >= 0.3 is 5.54 Å². The first-order valence-electron chi connectivity index (χ1n) is 6.71. The zero-order valence-corrected chi connectivity index (χ0v) is 12.5. The molecule has 1 atom stereocenters. The fraction of sp³-hybridized carbons (Fsp3) is 0.667. The molecule has 0 saturated carbocycles. The number of nitrogens with zero attached hydrogens (tertiary/aromatic N) is 3. The SMILES string of the molecule is [C-]#[N+]C(C#N)(CCC(C)C)Cc1cc(C(C)(C)O)on1. The molecule has 0 bridgehead atoms. The van der Waals surface area contributed by atoms with Crippen LogP contribution in [-0.4, -0.2) is 15.8 Å².